The number of carboxylic acids is 1. The lowest BCUT2D eigenvalue weighted by Crippen LogP contribution is -2.29. The summed E-state index contributed by atoms with van der Waals surface area (Å²) in [4.78, 5) is 14.9. The summed E-state index contributed by atoms with van der Waals surface area (Å²) in [6.45, 7) is 4.23. The monoisotopic (exact) mass is 508 g/mol. The summed E-state index contributed by atoms with van der Waals surface area (Å²) < 4.78 is 25.8. The summed E-state index contributed by atoms with van der Waals surface area (Å²) in [5, 5.41) is 31.1. The maximum atomic E-state index is 13.8. The minimum atomic E-state index is -1.39. The summed E-state index contributed by atoms with van der Waals surface area (Å²) in [6, 6.07) is 11.6. The fourth-order valence-electron chi connectivity index (χ4n) is 4.01. The first-order chi connectivity index (χ1) is 17.7. The number of rotatable bonds is 12. The van der Waals surface area contributed by atoms with Gasteiger partial charge in [0.05, 0.1) is 19.3 Å². The van der Waals surface area contributed by atoms with Crippen LogP contribution in [0.5, 0.6) is 11.5 Å². The van der Waals surface area contributed by atoms with Crippen molar-refractivity contribution in [1.82, 2.24) is 4.98 Å². The molecule has 1 aromatic heterocycles. The molecule has 196 valence electrons. The van der Waals surface area contributed by atoms with E-state index in [0.717, 1.165) is 16.7 Å². The Hall–Kier alpha value is -3.75. The molecule has 2 unspecified atom stereocenters. The number of methoxy groups -OCH3 is 1. The molecule has 37 heavy (non-hydrogen) atoms. The van der Waals surface area contributed by atoms with Gasteiger partial charge >= 0.3 is 0 Å². The molecule has 0 radical (unpaired) electrons. The maximum absolute atomic E-state index is 13.8. The fourth-order valence-corrected chi connectivity index (χ4v) is 4.01. The normalized spacial score (nSPS) is 13.1. The molecule has 0 aliphatic heterocycles. The Bertz CT molecular complexity index is 1210. The second kappa shape index (κ2) is 13.0. The molecule has 0 aliphatic rings. The third kappa shape index (κ3) is 7.62. The molecule has 0 aliphatic carbocycles. The molecule has 0 bridgehead atoms. The van der Waals surface area contributed by atoms with Gasteiger partial charge in [0.1, 0.15) is 12.4 Å². The number of hydrogen-bond donors (Lipinski definition) is 2. The zero-order valence-electron chi connectivity index (χ0n) is 21.1. The first-order valence-electron chi connectivity index (χ1n) is 12.0. The van der Waals surface area contributed by atoms with E-state index in [1.807, 2.05) is 32.0 Å². The lowest BCUT2D eigenvalue weighted by atomic mass is 9.88. The van der Waals surface area contributed by atoms with Crippen molar-refractivity contribution in [3.05, 3.63) is 83.4 Å². The Kier molecular flexibility index (Phi) is 9.77. The van der Waals surface area contributed by atoms with Crippen LogP contribution in [-0.4, -0.2) is 40.5 Å². The summed E-state index contributed by atoms with van der Waals surface area (Å²) in [6.07, 6.45) is 3.46. The average molecular weight is 509 g/mol. The molecule has 3 aromatic rings. The van der Waals surface area contributed by atoms with Gasteiger partial charge in [0, 0.05) is 42.3 Å². The average Bonchev–Trinajstić information content (AvgIpc) is 2.86. The van der Waals surface area contributed by atoms with E-state index in [4.69, 9.17) is 9.47 Å². The smallest absolute Gasteiger partial charge is 0.170 e. The minimum Gasteiger partial charge on any atom is -0.550 e. The van der Waals surface area contributed by atoms with Crippen molar-refractivity contribution in [3.8, 4) is 22.6 Å². The van der Waals surface area contributed by atoms with E-state index in [1.165, 1.54) is 18.2 Å². The highest BCUT2D eigenvalue weighted by Gasteiger charge is 2.22. The highest BCUT2D eigenvalue weighted by atomic mass is 19.1. The topological polar surface area (TPSA) is 112 Å². The van der Waals surface area contributed by atoms with Crippen LogP contribution in [0, 0.1) is 5.82 Å². The Labute approximate surface area is 215 Å². The molecule has 2 aromatic carbocycles. The lowest BCUT2D eigenvalue weighted by Gasteiger charge is -2.23. The molecule has 0 saturated carbocycles. The van der Waals surface area contributed by atoms with Crippen molar-refractivity contribution in [2.75, 3.05) is 7.11 Å². The third-order valence-electron chi connectivity index (χ3n) is 5.80. The standard InChI is InChI=1S/C29H32FNO6/c1-18(2)25-15-26(36-3)29(37-17-19-5-4-12-31-16-19)28(20-6-8-21(30)9-7-20)24(25)11-10-22(32)13-23(33)14-27(34)35/h4-12,15-16,18,22-23,32-33H,13-14,17H2,1-3H3,(H,34,35)/p-1/b11-10+. The Morgan fingerprint density at radius 3 is 2.51 bits per heavy atom. The van der Waals surface area contributed by atoms with Gasteiger partial charge in [-0.25, -0.2) is 4.39 Å². The van der Waals surface area contributed by atoms with Crippen molar-refractivity contribution in [2.24, 2.45) is 0 Å². The van der Waals surface area contributed by atoms with E-state index < -0.39 is 24.6 Å². The Balaban J connectivity index is 2.13. The van der Waals surface area contributed by atoms with Gasteiger partial charge in [0.15, 0.2) is 11.5 Å². The van der Waals surface area contributed by atoms with Crippen molar-refractivity contribution >= 4 is 12.0 Å². The van der Waals surface area contributed by atoms with Gasteiger partial charge in [-0.3, -0.25) is 4.98 Å². The molecule has 2 N–H and O–H groups in total. The summed E-state index contributed by atoms with van der Waals surface area (Å²) in [5.41, 5.74) is 3.78. The van der Waals surface area contributed by atoms with Crippen molar-refractivity contribution in [2.45, 2.75) is 51.4 Å². The maximum Gasteiger partial charge on any atom is 0.170 e. The zero-order chi connectivity index (χ0) is 26.9. The number of nitrogens with zero attached hydrogens (tertiary/aromatic N) is 1. The highest BCUT2D eigenvalue weighted by molar-refractivity contribution is 5.85. The van der Waals surface area contributed by atoms with Gasteiger partial charge in [0.2, 0.25) is 0 Å². The van der Waals surface area contributed by atoms with Crippen LogP contribution in [0.1, 0.15) is 49.3 Å². The molecular weight excluding hydrogens is 477 g/mol. The fraction of sp³-hybridized carbons (Fsp3) is 0.310. The number of carboxylic acid groups (broad SMARTS) is 1. The van der Waals surface area contributed by atoms with E-state index in [9.17, 15) is 24.5 Å². The number of benzene rings is 2. The number of aliphatic hydroxyl groups is 2. The first-order valence-corrected chi connectivity index (χ1v) is 12.0. The van der Waals surface area contributed by atoms with Crippen LogP contribution in [0.2, 0.25) is 0 Å². The molecule has 1 heterocycles. The molecular formula is C29H31FNO6-. The van der Waals surface area contributed by atoms with Crippen LogP contribution in [0.15, 0.2) is 60.9 Å². The van der Waals surface area contributed by atoms with Crippen LogP contribution in [0.3, 0.4) is 0 Å². The van der Waals surface area contributed by atoms with Gasteiger partial charge in [0.25, 0.3) is 0 Å². The number of carbonyl (C=O) groups excluding carboxylic acids is 1. The second-order valence-electron chi connectivity index (χ2n) is 8.99. The van der Waals surface area contributed by atoms with E-state index in [0.29, 0.717) is 22.6 Å². The number of hydrogen-bond acceptors (Lipinski definition) is 7. The Morgan fingerprint density at radius 2 is 1.92 bits per heavy atom. The number of aliphatic hydroxyl groups excluding tert-OH is 2. The third-order valence-corrected chi connectivity index (χ3v) is 5.80. The molecule has 2 atom stereocenters. The molecule has 3 rings (SSSR count). The number of aliphatic carboxylic acids is 1. The van der Waals surface area contributed by atoms with Gasteiger partial charge in [-0.05, 0) is 46.9 Å². The number of ether oxygens (including phenoxy) is 2. The number of aromatic nitrogens is 1. The van der Waals surface area contributed by atoms with Crippen LogP contribution in [-0.2, 0) is 11.4 Å². The molecule has 0 fully saturated rings. The SMILES string of the molecule is COc1cc(C(C)C)c(/C=C/C(O)CC(O)CC(=O)[O-])c(-c2ccc(F)cc2)c1OCc1cccnc1. The molecule has 0 amide bonds. The highest BCUT2D eigenvalue weighted by Crippen LogP contribution is 2.45. The predicted octanol–water partition coefficient (Wildman–Crippen LogP) is 3.86. The predicted molar refractivity (Wildman–Crippen MR) is 136 cm³/mol. The lowest BCUT2D eigenvalue weighted by molar-refractivity contribution is -0.307. The van der Waals surface area contributed by atoms with Crippen LogP contribution in [0.4, 0.5) is 4.39 Å². The summed E-state index contributed by atoms with van der Waals surface area (Å²) >= 11 is 0. The van der Waals surface area contributed by atoms with E-state index >= 15 is 0 Å². The summed E-state index contributed by atoms with van der Waals surface area (Å²) in [5.74, 6) is -0.804. The number of pyridine rings is 1. The van der Waals surface area contributed by atoms with E-state index in [1.54, 1.807) is 37.7 Å². The van der Waals surface area contributed by atoms with Crippen molar-refractivity contribution in [3.63, 3.8) is 0 Å². The van der Waals surface area contributed by atoms with Crippen molar-refractivity contribution < 1.29 is 34.0 Å². The first kappa shape index (κ1) is 27.8. The largest absolute Gasteiger partial charge is 0.550 e. The van der Waals surface area contributed by atoms with Gasteiger partial charge in [-0.15, -0.1) is 0 Å². The molecule has 7 nitrogen and oxygen atoms in total. The van der Waals surface area contributed by atoms with Gasteiger partial charge in [-0.1, -0.05) is 44.2 Å². The second-order valence-corrected chi connectivity index (χ2v) is 8.99. The zero-order valence-corrected chi connectivity index (χ0v) is 21.1. The molecule has 0 spiro atoms. The summed E-state index contributed by atoms with van der Waals surface area (Å²) in [7, 11) is 1.54. The van der Waals surface area contributed by atoms with Gasteiger partial charge < -0.3 is 29.6 Å². The van der Waals surface area contributed by atoms with Crippen molar-refractivity contribution in [1.29, 1.82) is 0 Å². The van der Waals surface area contributed by atoms with Crippen LogP contribution < -0.4 is 14.6 Å². The quantitative estimate of drug-likeness (QED) is 0.382. The van der Waals surface area contributed by atoms with Gasteiger partial charge in [-0.2, -0.15) is 0 Å². The Morgan fingerprint density at radius 1 is 1.19 bits per heavy atom. The van der Waals surface area contributed by atoms with E-state index in [-0.39, 0.29) is 24.8 Å². The number of carbonyl (C=O) groups is 1. The minimum absolute atomic E-state index is 0.0425. The molecule has 8 heteroatoms. The van der Waals surface area contributed by atoms with E-state index in [2.05, 4.69) is 4.98 Å². The number of halogens is 1. The molecule has 0 saturated heterocycles. The van der Waals surface area contributed by atoms with Crippen LogP contribution >= 0.6 is 0 Å². The van der Waals surface area contributed by atoms with Crippen LogP contribution in [0.25, 0.3) is 17.2 Å².